The van der Waals surface area contributed by atoms with Crippen molar-refractivity contribution in [2.45, 2.75) is 12.8 Å². The number of anilines is 2. The molecule has 7 nitrogen and oxygen atoms in total. The summed E-state index contributed by atoms with van der Waals surface area (Å²) in [6.45, 7) is 1.62. The first kappa shape index (κ1) is 15.8. The summed E-state index contributed by atoms with van der Waals surface area (Å²) in [5.74, 6) is 0.925. The van der Waals surface area contributed by atoms with Crippen LogP contribution in [0.1, 0.15) is 12.8 Å². The molecule has 0 spiro atoms. The van der Waals surface area contributed by atoms with Gasteiger partial charge in [-0.3, -0.25) is 9.78 Å². The fourth-order valence-electron chi connectivity index (χ4n) is 2.98. The first-order valence-electron chi connectivity index (χ1n) is 8.21. The van der Waals surface area contributed by atoms with E-state index in [0.717, 1.165) is 43.1 Å². The maximum atomic E-state index is 12.5. The van der Waals surface area contributed by atoms with Crippen LogP contribution in [-0.2, 0) is 4.79 Å². The Morgan fingerprint density at radius 1 is 1.32 bits per heavy atom. The molecule has 1 fully saturated rings. The molecular formula is C17H18N6OS. The van der Waals surface area contributed by atoms with Crippen LogP contribution in [0, 0.1) is 5.92 Å². The number of nitrogens with one attached hydrogen (secondary N) is 2. The molecule has 0 aliphatic carbocycles. The highest BCUT2D eigenvalue weighted by Crippen LogP contribution is 2.26. The summed E-state index contributed by atoms with van der Waals surface area (Å²) in [6, 6.07) is 3.89. The Bertz CT molecular complexity index is 824. The predicted molar refractivity (Wildman–Crippen MR) is 97.5 cm³/mol. The van der Waals surface area contributed by atoms with Gasteiger partial charge in [0.25, 0.3) is 0 Å². The maximum absolute atomic E-state index is 12.5. The van der Waals surface area contributed by atoms with Crippen molar-refractivity contribution in [3.05, 3.63) is 42.3 Å². The van der Waals surface area contributed by atoms with E-state index >= 15 is 0 Å². The van der Waals surface area contributed by atoms with Gasteiger partial charge in [0.15, 0.2) is 5.13 Å². The number of hydrogen-bond acceptors (Lipinski definition) is 6. The minimum absolute atomic E-state index is 0.00533. The summed E-state index contributed by atoms with van der Waals surface area (Å²) in [4.78, 5) is 30.7. The molecule has 0 aromatic carbocycles. The van der Waals surface area contributed by atoms with E-state index in [1.807, 2.05) is 23.7 Å². The SMILES string of the molecule is O=C(Nc1nc(-c2ccc[nH]2)cs1)C1CCN(c2cnccn2)CC1. The summed E-state index contributed by atoms with van der Waals surface area (Å²) in [5, 5.41) is 5.54. The van der Waals surface area contributed by atoms with E-state index in [4.69, 9.17) is 0 Å². The number of H-pyrrole nitrogens is 1. The van der Waals surface area contributed by atoms with E-state index in [2.05, 4.69) is 30.2 Å². The lowest BCUT2D eigenvalue weighted by Gasteiger charge is -2.31. The lowest BCUT2D eigenvalue weighted by Crippen LogP contribution is -2.38. The summed E-state index contributed by atoms with van der Waals surface area (Å²) < 4.78 is 0. The molecule has 25 heavy (non-hydrogen) atoms. The van der Waals surface area contributed by atoms with Crippen molar-refractivity contribution in [1.82, 2.24) is 19.9 Å². The van der Waals surface area contributed by atoms with Crippen LogP contribution in [0.3, 0.4) is 0 Å². The number of aromatic amines is 1. The van der Waals surface area contributed by atoms with Gasteiger partial charge < -0.3 is 15.2 Å². The normalized spacial score (nSPS) is 15.3. The minimum Gasteiger partial charge on any atom is -0.360 e. The second-order valence-corrected chi connectivity index (χ2v) is 6.79. The molecule has 1 saturated heterocycles. The number of aromatic nitrogens is 4. The van der Waals surface area contributed by atoms with Gasteiger partial charge in [-0.25, -0.2) is 9.97 Å². The van der Waals surface area contributed by atoms with Crippen molar-refractivity contribution in [3.63, 3.8) is 0 Å². The fraction of sp³-hybridized carbons (Fsp3) is 0.294. The fourth-order valence-corrected chi connectivity index (χ4v) is 3.69. The third-order valence-corrected chi connectivity index (χ3v) is 5.11. The van der Waals surface area contributed by atoms with Crippen molar-refractivity contribution in [3.8, 4) is 11.4 Å². The van der Waals surface area contributed by atoms with Crippen molar-refractivity contribution in [1.29, 1.82) is 0 Å². The Morgan fingerprint density at radius 2 is 2.20 bits per heavy atom. The number of rotatable bonds is 4. The molecule has 1 aliphatic heterocycles. The van der Waals surface area contributed by atoms with Crippen molar-refractivity contribution >= 4 is 28.2 Å². The van der Waals surface area contributed by atoms with Gasteiger partial charge in [-0.2, -0.15) is 0 Å². The Labute approximate surface area is 149 Å². The van der Waals surface area contributed by atoms with Crippen LogP contribution < -0.4 is 10.2 Å². The molecule has 8 heteroatoms. The van der Waals surface area contributed by atoms with Gasteiger partial charge in [0.2, 0.25) is 5.91 Å². The first-order valence-corrected chi connectivity index (χ1v) is 9.08. The van der Waals surface area contributed by atoms with E-state index in [0.29, 0.717) is 5.13 Å². The topological polar surface area (TPSA) is 86.8 Å². The van der Waals surface area contributed by atoms with E-state index < -0.39 is 0 Å². The number of carbonyl (C=O) groups excluding carboxylic acids is 1. The molecule has 3 aromatic rings. The molecule has 1 aliphatic rings. The number of hydrogen-bond donors (Lipinski definition) is 2. The number of carbonyl (C=O) groups is 1. The van der Waals surface area contributed by atoms with Gasteiger partial charge >= 0.3 is 0 Å². The lowest BCUT2D eigenvalue weighted by molar-refractivity contribution is -0.120. The van der Waals surface area contributed by atoms with Crippen LogP contribution in [-0.4, -0.2) is 38.9 Å². The van der Waals surface area contributed by atoms with E-state index in [-0.39, 0.29) is 11.8 Å². The molecule has 1 amide bonds. The number of amides is 1. The highest BCUT2D eigenvalue weighted by molar-refractivity contribution is 7.14. The first-order chi connectivity index (χ1) is 12.3. The smallest absolute Gasteiger partial charge is 0.229 e. The van der Waals surface area contributed by atoms with Crippen LogP contribution in [0.15, 0.2) is 42.3 Å². The maximum Gasteiger partial charge on any atom is 0.229 e. The monoisotopic (exact) mass is 354 g/mol. The second-order valence-electron chi connectivity index (χ2n) is 5.94. The molecular weight excluding hydrogens is 336 g/mol. The quantitative estimate of drug-likeness (QED) is 0.752. The van der Waals surface area contributed by atoms with Gasteiger partial charge in [0.05, 0.1) is 17.6 Å². The van der Waals surface area contributed by atoms with Crippen LogP contribution in [0.25, 0.3) is 11.4 Å². The van der Waals surface area contributed by atoms with Crippen molar-refractivity contribution in [2.75, 3.05) is 23.3 Å². The number of thiazole rings is 1. The van der Waals surface area contributed by atoms with Crippen LogP contribution >= 0.6 is 11.3 Å². The van der Waals surface area contributed by atoms with Gasteiger partial charge in [0, 0.05) is 43.0 Å². The number of nitrogens with zero attached hydrogens (tertiary/aromatic N) is 4. The Kier molecular flexibility index (Phi) is 4.43. The highest BCUT2D eigenvalue weighted by Gasteiger charge is 2.26. The molecule has 4 rings (SSSR count). The zero-order valence-corrected chi connectivity index (χ0v) is 14.4. The van der Waals surface area contributed by atoms with Crippen molar-refractivity contribution in [2.24, 2.45) is 5.92 Å². The van der Waals surface area contributed by atoms with E-state index in [1.54, 1.807) is 18.6 Å². The van der Waals surface area contributed by atoms with Crippen molar-refractivity contribution < 1.29 is 4.79 Å². The third kappa shape index (κ3) is 3.53. The van der Waals surface area contributed by atoms with Crippen LogP contribution in [0.4, 0.5) is 10.9 Å². The van der Waals surface area contributed by atoms with Gasteiger partial charge in [-0.05, 0) is 25.0 Å². The predicted octanol–water partition coefficient (Wildman–Crippen LogP) is 2.78. The molecule has 0 atom stereocenters. The third-order valence-electron chi connectivity index (χ3n) is 4.35. The largest absolute Gasteiger partial charge is 0.360 e. The summed E-state index contributed by atoms with van der Waals surface area (Å²) in [6.07, 6.45) is 8.59. The Morgan fingerprint density at radius 3 is 2.92 bits per heavy atom. The van der Waals surface area contributed by atoms with Gasteiger partial charge in [0.1, 0.15) is 5.82 Å². The number of piperidine rings is 1. The summed E-state index contributed by atoms with van der Waals surface area (Å²) >= 11 is 1.45. The molecule has 0 bridgehead atoms. The van der Waals surface area contributed by atoms with E-state index in [9.17, 15) is 4.79 Å². The van der Waals surface area contributed by atoms with Gasteiger partial charge in [-0.1, -0.05) is 0 Å². The van der Waals surface area contributed by atoms with E-state index in [1.165, 1.54) is 11.3 Å². The second kappa shape index (κ2) is 7.02. The lowest BCUT2D eigenvalue weighted by atomic mass is 9.96. The minimum atomic E-state index is 0.00533. The highest BCUT2D eigenvalue weighted by atomic mass is 32.1. The average Bonchev–Trinajstić information content (AvgIpc) is 3.34. The Hall–Kier alpha value is -2.74. The molecule has 0 unspecified atom stereocenters. The zero-order valence-electron chi connectivity index (χ0n) is 13.6. The van der Waals surface area contributed by atoms with Crippen LogP contribution in [0.2, 0.25) is 0 Å². The standard InChI is InChI=1S/C17H18N6OS/c24-16(22-17-21-14(11-25-17)13-2-1-5-19-13)12-3-8-23(9-4-12)15-10-18-6-7-20-15/h1-2,5-7,10-12,19H,3-4,8-9H2,(H,21,22,24). The molecule has 0 radical (unpaired) electrons. The Balaban J connectivity index is 1.34. The van der Waals surface area contributed by atoms with Crippen LogP contribution in [0.5, 0.6) is 0 Å². The zero-order chi connectivity index (χ0) is 17.1. The summed E-state index contributed by atoms with van der Waals surface area (Å²) in [7, 11) is 0. The molecule has 128 valence electrons. The molecule has 2 N–H and O–H groups in total. The average molecular weight is 354 g/mol. The summed E-state index contributed by atoms with van der Waals surface area (Å²) in [5.41, 5.74) is 1.80. The van der Waals surface area contributed by atoms with Gasteiger partial charge in [-0.15, -0.1) is 11.3 Å². The molecule has 0 saturated carbocycles. The molecule has 4 heterocycles. The molecule has 3 aromatic heterocycles.